The number of carbonyl (C=O) groups excluding carboxylic acids is 2. The Kier molecular flexibility index (Phi) is 5.79. The number of amides is 2. The first-order valence-corrected chi connectivity index (χ1v) is 9.72. The minimum Gasteiger partial charge on any atom is -0.350 e. The number of aromatic nitrogens is 1. The zero-order valence-electron chi connectivity index (χ0n) is 16.1. The molecule has 1 aromatic rings. The van der Waals surface area contributed by atoms with Crippen molar-refractivity contribution in [1.82, 2.24) is 9.88 Å². The van der Waals surface area contributed by atoms with E-state index in [9.17, 15) is 9.59 Å². The minimum atomic E-state index is -0.0919. The number of hydrogen-bond donors (Lipinski definition) is 1. The van der Waals surface area contributed by atoms with Gasteiger partial charge in [-0.15, -0.1) is 0 Å². The zero-order valence-corrected chi connectivity index (χ0v) is 16.1. The van der Waals surface area contributed by atoms with Crippen molar-refractivity contribution in [3.05, 3.63) is 18.3 Å². The molecule has 1 aromatic heterocycles. The normalized spacial score (nSPS) is 22.9. The van der Waals surface area contributed by atoms with Crippen LogP contribution < -0.4 is 10.2 Å². The molecule has 2 saturated heterocycles. The Morgan fingerprint density at radius 2 is 2.12 bits per heavy atom. The molecule has 0 saturated carbocycles. The van der Waals surface area contributed by atoms with E-state index in [-0.39, 0.29) is 17.9 Å². The van der Waals surface area contributed by atoms with Crippen LogP contribution in [0.1, 0.15) is 46.5 Å². The Morgan fingerprint density at radius 1 is 1.31 bits per heavy atom. The van der Waals surface area contributed by atoms with E-state index < -0.39 is 0 Å². The molecule has 2 aliphatic heterocycles. The van der Waals surface area contributed by atoms with Gasteiger partial charge in [-0.1, -0.05) is 20.3 Å². The second-order valence-electron chi connectivity index (χ2n) is 7.97. The summed E-state index contributed by atoms with van der Waals surface area (Å²) >= 11 is 0. The van der Waals surface area contributed by atoms with E-state index >= 15 is 0 Å². The lowest BCUT2D eigenvalue weighted by Gasteiger charge is -2.32. The summed E-state index contributed by atoms with van der Waals surface area (Å²) in [6.07, 6.45) is 5.82. The Balaban J connectivity index is 1.84. The van der Waals surface area contributed by atoms with Gasteiger partial charge in [0.1, 0.15) is 0 Å². The van der Waals surface area contributed by atoms with Crippen LogP contribution in [0.15, 0.2) is 18.3 Å². The van der Waals surface area contributed by atoms with Crippen LogP contribution in [0.25, 0.3) is 0 Å². The summed E-state index contributed by atoms with van der Waals surface area (Å²) in [5.74, 6) is 1.85. The van der Waals surface area contributed by atoms with E-state index in [0.29, 0.717) is 18.3 Å². The number of rotatable bonds is 4. The van der Waals surface area contributed by atoms with E-state index in [1.807, 2.05) is 17.0 Å². The molecule has 0 bridgehead atoms. The lowest BCUT2D eigenvalue weighted by Crippen LogP contribution is -2.42. The van der Waals surface area contributed by atoms with Crippen molar-refractivity contribution < 1.29 is 9.59 Å². The minimum absolute atomic E-state index is 0.0919. The van der Waals surface area contributed by atoms with Gasteiger partial charge in [0.05, 0.1) is 11.7 Å². The van der Waals surface area contributed by atoms with Crippen molar-refractivity contribution >= 4 is 23.3 Å². The number of fused-ring (bicyclic) bond motifs is 1. The molecule has 1 N–H and O–H groups in total. The Morgan fingerprint density at radius 3 is 2.85 bits per heavy atom. The summed E-state index contributed by atoms with van der Waals surface area (Å²) in [5.41, 5.74) is 0.757. The molecule has 6 heteroatoms. The molecule has 2 amide bonds. The van der Waals surface area contributed by atoms with Gasteiger partial charge in [0.15, 0.2) is 5.82 Å². The highest BCUT2D eigenvalue weighted by atomic mass is 16.2. The number of carbonyl (C=O) groups is 2. The fraction of sp³-hybridized carbons (Fsp3) is 0.650. The van der Waals surface area contributed by atoms with Crippen LogP contribution in [0.3, 0.4) is 0 Å². The molecule has 0 aliphatic carbocycles. The molecule has 3 rings (SSSR count). The SMILES string of the molecule is CC(=O)Nc1cccnc1N1CCCC[C@@H]2CN(C(=O)CC(C)C)C[C@@H]21. The van der Waals surface area contributed by atoms with Gasteiger partial charge in [0.25, 0.3) is 0 Å². The first-order valence-electron chi connectivity index (χ1n) is 9.72. The summed E-state index contributed by atoms with van der Waals surface area (Å²) in [6.45, 7) is 8.21. The molecule has 2 fully saturated rings. The Bertz CT molecular complexity index is 661. The molecule has 2 atom stereocenters. The lowest BCUT2D eigenvalue weighted by atomic mass is 9.98. The van der Waals surface area contributed by atoms with Crippen molar-refractivity contribution in [3.8, 4) is 0 Å². The van der Waals surface area contributed by atoms with Crippen LogP contribution in [0.2, 0.25) is 0 Å². The van der Waals surface area contributed by atoms with Crippen LogP contribution in [0.5, 0.6) is 0 Å². The largest absolute Gasteiger partial charge is 0.350 e. The van der Waals surface area contributed by atoms with E-state index in [0.717, 1.165) is 44.0 Å². The van der Waals surface area contributed by atoms with Gasteiger partial charge in [0, 0.05) is 39.2 Å². The van der Waals surface area contributed by atoms with Gasteiger partial charge in [-0.25, -0.2) is 4.98 Å². The zero-order chi connectivity index (χ0) is 18.7. The third-order valence-electron chi connectivity index (χ3n) is 5.34. The number of nitrogens with one attached hydrogen (secondary N) is 1. The maximum Gasteiger partial charge on any atom is 0.222 e. The van der Waals surface area contributed by atoms with E-state index in [1.165, 1.54) is 13.3 Å². The third-order valence-corrected chi connectivity index (χ3v) is 5.34. The maximum absolute atomic E-state index is 12.6. The monoisotopic (exact) mass is 358 g/mol. The first kappa shape index (κ1) is 18.7. The molecule has 6 nitrogen and oxygen atoms in total. The summed E-state index contributed by atoms with van der Waals surface area (Å²) in [6, 6.07) is 4.02. The van der Waals surface area contributed by atoms with Gasteiger partial charge in [-0.3, -0.25) is 9.59 Å². The fourth-order valence-corrected chi connectivity index (χ4v) is 4.20. The summed E-state index contributed by atoms with van der Waals surface area (Å²) in [4.78, 5) is 33.1. The highest BCUT2D eigenvalue weighted by molar-refractivity contribution is 5.92. The number of likely N-dealkylation sites (tertiary alicyclic amines) is 1. The van der Waals surface area contributed by atoms with Gasteiger partial charge in [0.2, 0.25) is 11.8 Å². The summed E-state index contributed by atoms with van der Waals surface area (Å²) in [5, 5.41) is 2.91. The number of hydrogen-bond acceptors (Lipinski definition) is 4. The van der Waals surface area contributed by atoms with Crippen molar-refractivity contribution in [2.75, 3.05) is 29.9 Å². The van der Waals surface area contributed by atoms with Crippen molar-refractivity contribution in [2.24, 2.45) is 11.8 Å². The van der Waals surface area contributed by atoms with E-state index in [1.54, 1.807) is 6.20 Å². The third kappa shape index (κ3) is 4.17. The molecule has 3 heterocycles. The standard InChI is InChI=1S/C20H30N4O2/c1-14(2)11-19(26)23-12-16-7-4-5-10-24(18(16)13-23)20-17(22-15(3)25)8-6-9-21-20/h6,8-9,14,16,18H,4-5,7,10-13H2,1-3H3,(H,22,25)/t16-,18+/m1/s1. The number of pyridine rings is 1. The molecule has 0 aromatic carbocycles. The second-order valence-corrected chi connectivity index (χ2v) is 7.97. The average molecular weight is 358 g/mol. The van der Waals surface area contributed by atoms with Crippen molar-refractivity contribution in [2.45, 2.75) is 52.5 Å². The summed E-state index contributed by atoms with van der Waals surface area (Å²) < 4.78 is 0. The first-order chi connectivity index (χ1) is 12.5. The molecule has 0 spiro atoms. The Labute approximate surface area is 156 Å². The van der Waals surface area contributed by atoms with Crippen molar-refractivity contribution in [3.63, 3.8) is 0 Å². The molecule has 2 aliphatic rings. The van der Waals surface area contributed by atoms with E-state index in [4.69, 9.17) is 0 Å². The van der Waals surface area contributed by atoms with Gasteiger partial charge < -0.3 is 15.1 Å². The average Bonchev–Trinajstić information content (AvgIpc) is 2.90. The molecule has 26 heavy (non-hydrogen) atoms. The molecule has 0 radical (unpaired) electrons. The van der Waals surface area contributed by atoms with Crippen LogP contribution in [0.4, 0.5) is 11.5 Å². The molecule has 142 valence electrons. The molecular weight excluding hydrogens is 328 g/mol. The van der Waals surface area contributed by atoms with Crippen LogP contribution in [-0.4, -0.2) is 47.4 Å². The van der Waals surface area contributed by atoms with Gasteiger partial charge in [-0.05, 0) is 36.8 Å². The highest BCUT2D eigenvalue weighted by Gasteiger charge is 2.40. The Hall–Kier alpha value is -2.11. The van der Waals surface area contributed by atoms with Crippen molar-refractivity contribution in [1.29, 1.82) is 0 Å². The number of nitrogens with zero attached hydrogens (tertiary/aromatic N) is 3. The van der Waals surface area contributed by atoms with E-state index in [2.05, 4.69) is 29.0 Å². The predicted molar refractivity (Wildman–Crippen MR) is 103 cm³/mol. The predicted octanol–water partition coefficient (Wildman–Crippen LogP) is 2.90. The van der Waals surface area contributed by atoms with Crippen LogP contribution >= 0.6 is 0 Å². The lowest BCUT2D eigenvalue weighted by molar-refractivity contribution is -0.131. The summed E-state index contributed by atoms with van der Waals surface area (Å²) in [7, 11) is 0. The highest BCUT2D eigenvalue weighted by Crippen LogP contribution is 2.35. The fourth-order valence-electron chi connectivity index (χ4n) is 4.20. The topological polar surface area (TPSA) is 65.5 Å². The number of anilines is 2. The quantitative estimate of drug-likeness (QED) is 0.899. The molecule has 0 unspecified atom stereocenters. The smallest absolute Gasteiger partial charge is 0.222 e. The molecular formula is C20H30N4O2. The van der Waals surface area contributed by atoms with Crippen LogP contribution in [0, 0.1) is 11.8 Å². The maximum atomic E-state index is 12.6. The van der Waals surface area contributed by atoms with Gasteiger partial charge >= 0.3 is 0 Å². The van der Waals surface area contributed by atoms with Crippen LogP contribution in [-0.2, 0) is 9.59 Å². The second kappa shape index (κ2) is 8.06. The van der Waals surface area contributed by atoms with Gasteiger partial charge in [-0.2, -0.15) is 0 Å².